The topological polar surface area (TPSA) is 79.6 Å². The molecule has 0 aliphatic carbocycles. The molecular formula is C20H19ClN2O4S. The third-order valence-electron chi connectivity index (χ3n) is 4.06. The van der Waals surface area contributed by atoms with Gasteiger partial charge < -0.3 is 9.73 Å². The number of hydrogen-bond acceptors (Lipinski definition) is 5. The van der Waals surface area contributed by atoms with Gasteiger partial charge in [0, 0.05) is 23.2 Å². The molecule has 0 bridgehead atoms. The molecule has 2 heterocycles. The molecule has 1 aromatic heterocycles. The highest BCUT2D eigenvalue weighted by atomic mass is 35.5. The van der Waals surface area contributed by atoms with Crippen LogP contribution in [-0.2, 0) is 9.59 Å². The minimum atomic E-state index is -0.495. The van der Waals surface area contributed by atoms with Gasteiger partial charge in [-0.15, -0.1) is 0 Å². The van der Waals surface area contributed by atoms with Crippen LogP contribution in [0, 0.1) is 0 Å². The molecule has 6 nitrogen and oxygen atoms in total. The maximum Gasteiger partial charge on any atom is 0.294 e. The number of nitrogens with zero attached hydrogens (tertiary/aromatic N) is 1. The van der Waals surface area contributed by atoms with Crippen LogP contribution >= 0.6 is 23.4 Å². The predicted molar refractivity (Wildman–Crippen MR) is 110 cm³/mol. The fourth-order valence-electron chi connectivity index (χ4n) is 2.57. The Kier molecular flexibility index (Phi) is 6.59. The highest BCUT2D eigenvalue weighted by Crippen LogP contribution is 2.33. The summed E-state index contributed by atoms with van der Waals surface area (Å²) in [5.41, 5.74) is 0.848. The fourth-order valence-corrected chi connectivity index (χ4v) is 3.51. The van der Waals surface area contributed by atoms with Crippen LogP contribution in [0.15, 0.2) is 45.7 Å². The summed E-state index contributed by atoms with van der Waals surface area (Å²) in [7, 11) is 0. The summed E-state index contributed by atoms with van der Waals surface area (Å²) in [5.74, 6) is 0.227. The Hall–Kier alpha value is -2.51. The fraction of sp³-hybridized carbons (Fsp3) is 0.250. The van der Waals surface area contributed by atoms with Gasteiger partial charge in [-0.25, -0.2) is 0 Å². The molecule has 1 aromatic carbocycles. The molecule has 1 aliphatic heterocycles. The maximum atomic E-state index is 12.5. The van der Waals surface area contributed by atoms with E-state index in [4.69, 9.17) is 16.0 Å². The van der Waals surface area contributed by atoms with Gasteiger partial charge in [-0.3, -0.25) is 19.3 Å². The van der Waals surface area contributed by atoms with Crippen molar-refractivity contribution in [2.24, 2.45) is 0 Å². The first-order valence-electron chi connectivity index (χ1n) is 8.85. The standard InChI is InChI=1S/C20H19ClN2O4S/c1-2-3-10-22-18(24)12-23-19(25)17(28-20(23)26)11-15-8-9-16(27-15)13-4-6-14(21)7-5-13/h4-9,11H,2-3,10,12H2,1H3,(H,22,24)/b17-11-. The van der Waals surface area contributed by atoms with Gasteiger partial charge in [-0.05, 0) is 54.6 Å². The van der Waals surface area contributed by atoms with Crippen LogP contribution < -0.4 is 5.32 Å². The van der Waals surface area contributed by atoms with Crippen molar-refractivity contribution in [1.29, 1.82) is 0 Å². The van der Waals surface area contributed by atoms with Gasteiger partial charge in [0.25, 0.3) is 11.1 Å². The normalized spacial score (nSPS) is 15.5. The van der Waals surface area contributed by atoms with Crippen LogP contribution in [0.2, 0.25) is 5.02 Å². The number of halogens is 1. The molecule has 1 aliphatic rings. The second-order valence-corrected chi connectivity index (χ2v) is 7.61. The number of imide groups is 1. The monoisotopic (exact) mass is 418 g/mol. The summed E-state index contributed by atoms with van der Waals surface area (Å²) in [4.78, 5) is 37.7. The number of benzene rings is 1. The lowest BCUT2D eigenvalue weighted by Crippen LogP contribution is -2.39. The van der Waals surface area contributed by atoms with Gasteiger partial charge in [-0.1, -0.05) is 24.9 Å². The van der Waals surface area contributed by atoms with Crippen LogP contribution in [0.3, 0.4) is 0 Å². The van der Waals surface area contributed by atoms with E-state index in [0.717, 1.165) is 35.1 Å². The molecule has 2 aromatic rings. The van der Waals surface area contributed by atoms with Crippen molar-refractivity contribution in [2.75, 3.05) is 13.1 Å². The van der Waals surface area contributed by atoms with Crippen molar-refractivity contribution in [3.63, 3.8) is 0 Å². The number of amides is 3. The number of unbranched alkanes of at least 4 members (excludes halogenated alkanes) is 1. The highest BCUT2D eigenvalue weighted by molar-refractivity contribution is 8.18. The lowest BCUT2D eigenvalue weighted by Gasteiger charge is -2.12. The molecule has 28 heavy (non-hydrogen) atoms. The van der Waals surface area contributed by atoms with E-state index < -0.39 is 11.1 Å². The summed E-state index contributed by atoms with van der Waals surface area (Å²) in [5, 5.41) is 2.86. The van der Waals surface area contributed by atoms with Crippen molar-refractivity contribution in [1.82, 2.24) is 10.2 Å². The first kappa shape index (κ1) is 20.2. The Morgan fingerprint density at radius 2 is 1.96 bits per heavy atom. The molecule has 0 spiro atoms. The van der Waals surface area contributed by atoms with E-state index in [1.165, 1.54) is 6.08 Å². The molecular weight excluding hydrogens is 400 g/mol. The van der Waals surface area contributed by atoms with E-state index in [9.17, 15) is 14.4 Å². The van der Waals surface area contributed by atoms with Crippen LogP contribution in [0.5, 0.6) is 0 Å². The van der Waals surface area contributed by atoms with Crippen molar-refractivity contribution in [3.05, 3.63) is 52.1 Å². The van der Waals surface area contributed by atoms with E-state index in [2.05, 4.69) is 5.32 Å². The molecule has 0 unspecified atom stereocenters. The Bertz CT molecular complexity index is 921. The predicted octanol–water partition coefficient (Wildman–Crippen LogP) is 4.55. The first-order chi connectivity index (χ1) is 13.5. The van der Waals surface area contributed by atoms with Crippen molar-refractivity contribution >= 4 is 46.5 Å². The van der Waals surface area contributed by atoms with Gasteiger partial charge >= 0.3 is 0 Å². The van der Waals surface area contributed by atoms with Gasteiger partial charge in [0.1, 0.15) is 18.1 Å². The first-order valence-corrected chi connectivity index (χ1v) is 10.0. The number of furan rings is 1. The van der Waals surface area contributed by atoms with E-state index >= 15 is 0 Å². The molecule has 146 valence electrons. The minimum Gasteiger partial charge on any atom is -0.457 e. The van der Waals surface area contributed by atoms with E-state index in [1.54, 1.807) is 24.3 Å². The summed E-state index contributed by atoms with van der Waals surface area (Å²) in [6.07, 6.45) is 3.31. The summed E-state index contributed by atoms with van der Waals surface area (Å²) < 4.78 is 5.74. The van der Waals surface area contributed by atoms with Gasteiger partial charge in [0.05, 0.1) is 4.91 Å². The van der Waals surface area contributed by atoms with Crippen LogP contribution in [-0.4, -0.2) is 35.0 Å². The van der Waals surface area contributed by atoms with Crippen LogP contribution in [0.25, 0.3) is 17.4 Å². The van der Waals surface area contributed by atoms with E-state index in [1.807, 2.05) is 19.1 Å². The van der Waals surface area contributed by atoms with Crippen LogP contribution in [0.1, 0.15) is 25.5 Å². The summed E-state index contributed by atoms with van der Waals surface area (Å²) >= 11 is 6.68. The number of carbonyl (C=O) groups excluding carboxylic acids is 3. The SMILES string of the molecule is CCCCNC(=O)CN1C(=O)S/C(=C\c2ccc(-c3ccc(Cl)cc3)o2)C1=O. The summed E-state index contributed by atoms with van der Waals surface area (Å²) in [6, 6.07) is 10.7. The van der Waals surface area contributed by atoms with Crippen molar-refractivity contribution in [3.8, 4) is 11.3 Å². The second kappa shape index (κ2) is 9.12. The number of hydrogen-bond donors (Lipinski definition) is 1. The Morgan fingerprint density at radius 3 is 2.68 bits per heavy atom. The highest BCUT2D eigenvalue weighted by Gasteiger charge is 2.36. The molecule has 3 rings (SSSR count). The zero-order chi connectivity index (χ0) is 20.1. The average Bonchev–Trinajstić information content (AvgIpc) is 3.23. The Balaban J connectivity index is 1.68. The van der Waals surface area contributed by atoms with Crippen molar-refractivity contribution in [2.45, 2.75) is 19.8 Å². The average molecular weight is 419 g/mol. The zero-order valence-electron chi connectivity index (χ0n) is 15.2. The van der Waals surface area contributed by atoms with Crippen LogP contribution in [0.4, 0.5) is 4.79 Å². The molecule has 0 saturated carbocycles. The van der Waals surface area contributed by atoms with Gasteiger partial charge in [0.2, 0.25) is 5.91 Å². The van der Waals surface area contributed by atoms with Crippen molar-refractivity contribution < 1.29 is 18.8 Å². The molecule has 0 radical (unpaired) electrons. The lowest BCUT2D eigenvalue weighted by atomic mass is 10.2. The Morgan fingerprint density at radius 1 is 1.21 bits per heavy atom. The van der Waals surface area contributed by atoms with E-state index in [0.29, 0.717) is 23.1 Å². The third-order valence-corrected chi connectivity index (χ3v) is 5.22. The number of nitrogens with one attached hydrogen (secondary N) is 1. The lowest BCUT2D eigenvalue weighted by molar-refractivity contribution is -0.129. The van der Waals surface area contributed by atoms with Gasteiger partial charge in [0.15, 0.2) is 0 Å². The smallest absolute Gasteiger partial charge is 0.294 e. The zero-order valence-corrected chi connectivity index (χ0v) is 16.8. The molecule has 1 fully saturated rings. The maximum absolute atomic E-state index is 12.5. The number of carbonyl (C=O) groups is 3. The summed E-state index contributed by atoms with van der Waals surface area (Å²) in [6.45, 7) is 2.27. The largest absolute Gasteiger partial charge is 0.457 e. The molecule has 3 amide bonds. The second-order valence-electron chi connectivity index (χ2n) is 6.18. The number of rotatable bonds is 7. The quantitative estimate of drug-likeness (QED) is 0.527. The Labute approximate surface area is 171 Å². The molecule has 1 saturated heterocycles. The van der Waals surface area contributed by atoms with E-state index in [-0.39, 0.29) is 17.4 Å². The third kappa shape index (κ3) is 4.85. The number of thioether (sulfide) groups is 1. The van der Waals surface area contributed by atoms with Gasteiger partial charge in [-0.2, -0.15) is 0 Å². The molecule has 8 heteroatoms. The minimum absolute atomic E-state index is 0.225. The molecule has 0 atom stereocenters. The molecule has 1 N–H and O–H groups in total.